The van der Waals surface area contributed by atoms with E-state index in [0.717, 1.165) is 40.7 Å². The molecule has 5 nitrogen and oxygen atoms in total. The zero-order valence-corrected chi connectivity index (χ0v) is 32.1. The third-order valence-electron chi connectivity index (χ3n) is 9.75. The van der Waals surface area contributed by atoms with Gasteiger partial charge in [0.1, 0.15) is 29.6 Å². The molecule has 2 heterocycles. The minimum Gasteiger partial charge on any atom is -0.543 e. The van der Waals surface area contributed by atoms with Gasteiger partial charge in [-0.3, -0.25) is 0 Å². The number of nitrogens with zero attached hydrogens (tertiary/aromatic N) is 1. The molecule has 242 valence electrons. The first-order valence-electron chi connectivity index (χ1n) is 16.0. The van der Waals surface area contributed by atoms with E-state index >= 15 is 0 Å². The zero-order valence-electron chi connectivity index (χ0n) is 29.3. The molecule has 1 atom stereocenters. The van der Waals surface area contributed by atoms with Gasteiger partial charge < -0.3 is 23.2 Å². The SMILES string of the molecule is CN(C)CCOc1ccc(C2Oc3cc(O[Si](C)(C)C(C)(C)C)ccc3-c3sc4cc(O[Si](C)(C)C(C)(C)C)ccc4c32)cc1. The van der Waals surface area contributed by atoms with Crippen molar-refractivity contribution in [3.8, 4) is 33.4 Å². The Labute approximate surface area is 276 Å². The summed E-state index contributed by atoms with van der Waals surface area (Å²) in [6.45, 7) is 24.3. The van der Waals surface area contributed by atoms with Crippen LogP contribution in [0, 0.1) is 0 Å². The molecule has 0 bridgehead atoms. The summed E-state index contributed by atoms with van der Waals surface area (Å²) >= 11 is 1.82. The standard InChI is InChI=1S/C37H51NO4SSi2/c1-36(2,3)44(9,10)41-27-17-19-29-31(23-27)40-34(25-13-15-26(16-14-25)39-22-21-38(7)8)33-30-20-18-28(24-32(30)43-35(29)33)42-45(11,12)37(4,5)6/h13-20,23-24,34H,21-22H2,1-12H3. The fraction of sp³-hybridized carbons (Fsp3) is 0.459. The van der Waals surface area contributed by atoms with E-state index in [0.29, 0.717) is 6.61 Å². The monoisotopic (exact) mass is 661 g/mol. The molecule has 4 aromatic rings. The molecule has 1 aromatic heterocycles. The Hall–Kier alpha value is -2.79. The van der Waals surface area contributed by atoms with Crippen molar-refractivity contribution in [2.24, 2.45) is 0 Å². The first-order chi connectivity index (χ1) is 20.9. The van der Waals surface area contributed by atoms with Crippen molar-refractivity contribution >= 4 is 38.1 Å². The molecule has 3 aromatic carbocycles. The van der Waals surface area contributed by atoms with Crippen molar-refractivity contribution in [2.45, 2.75) is 83.9 Å². The average Bonchev–Trinajstić information content (AvgIpc) is 3.30. The molecule has 1 unspecified atom stereocenters. The quantitative estimate of drug-likeness (QED) is 0.167. The molecule has 0 amide bonds. The van der Waals surface area contributed by atoms with Gasteiger partial charge in [-0.1, -0.05) is 53.7 Å². The maximum Gasteiger partial charge on any atom is 0.250 e. The van der Waals surface area contributed by atoms with Gasteiger partial charge in [-0.15, -0.1) is 11.3 Å². The Bertz CT molecular complexity index is 1660. The molecular weight excluding hydrogens is 611 g/mol. The summed E-state index contributed by atoms with van der Waals surface area (Å²) in [7, 11) is 0.119. The average molecular weight is 662 g/mol. The number of ether oxygens (including phenoxy) is 2. The topological polar surface area (TPSA) is 40.2 Å². The van der Waals surface area contributed by atoms with Crippen LogP contribution in [-0.4, -0.2) is 48.8 Å². The number of rotatable bonds is 9. The molecule has 1 aliphatic rings. The summed E-state index contributed by atoms with van der Waals surface area (Å²) in [4.78, 5) is 3.36. The molecule has 8 heteroatoms. The summed E-state index contributed by atoms with van der Waals surface area (Å²) in [5.74, 6) is 3.55. The number of benzene rings is 3. The molecule has 0 aliphatic carbocycles. The second-order valence-electron chi connectivity index (χ2n) is 15.6. The fourth-order valence-corrected chi connectivity index (χ4v) is 8.21. The fourth-order valence-electron chi connectivity index (χ4n) is 4.87. The van der Waals surface area contributed by atoms with Crippen LogP contribution in [0.4, 0.5) is 0 Å². The van der Waals surface area contributed by atoms with E-state index in [4.69, 9.17) is 18.3 Å². The third kappa shape index (κ3) is 6.99. The van der Waals surface area contributed by atoms with Crippen LogP contribution in [0.5, 0.6) is 23.0 Å². The predicted octanol–water partition coefficient (Wildman–Crippen LogP) is 10.8. The Morgan fingerprint density at radius 3 is 1.89 bits per heavy atom. The molecule has 1 aliphatic heterocycles. The van der Waals surface area contributed by atoms with Crippen LogP contribution in [0.15, 0.2) is 60.7 Å². The first-order valence-corrected chi connectivity index (χ1v) is 22.6. The third-order valence-corrected chi connectivity index (χ3v) is 19.7. The van der Waals surface area contributed by atoms with E-state index < -0.39 is 16.6 Å². The summed E-state index contributed by atoms with van der Waals surface area (Å²) in [6, 6.07) is 21.4. The Balaban J connectivity index is 1.57. The highest BCUT2D eigenvalue weighted by Gasteiger charge is 2.40. The van der Waals surface area contributed by atoms with Gasteiger partial charge in [0.25, 0.3) is 0 Å². The predicted molar refractivity (Wildman–Crippen MR) is 196 cm³/mol. The first kappa shape index (κ1) is 33.6. The Kier molecular flexibility index (Phi) is 9.03. The van der Waals surface area contributed by atoms with Crippen LogP contribution >= 0.6 is 11.3 Å². The van der Waals surface area contributed by atoms with Gasteiger partial charge in [-0.25, -0.2) is 0 Å². The van der Waals surface area contributed by atoms with E-state index in [2.05, 4.69) is 147 Å². The summed E-state index contributed by atoms with van der Waals surface area (Å²) in [5, 5.41) is 1.44. The van der Waals surface area contributed by atoms with Crippen LogP contribution < -0.4 is 18.3 Å². The second kappa shape index (κ2) is 12.1. The molecule has 0 spiro atoms. The van der Waals surface area contributed by atoms with Crippen LogP contribution in [0.25, 0.3) is 20.5 Å². The molecule has 45 heavy (non-hydrogen) atoms. The van der Waals surface area contributed by atoms with Gasteiger partial charge >= 0.3 is 0 Å². The van der Waals surface area contributed by atoms with Crippen molar-refractivity contribution in [2.75, 3.05) is 27.2 Å². The largest absolute Gasteiger partial charge is 0.543 e. The summed E-state index contributed by atoms with van der Waals surface area (Å²) < 4.78 is 27.6. The number of hydrogen-bond donors (Lipinski definition) is 0. The van der Waals surface area contributed by atoms with Crippen molar-refractivity contribution in [3.05, 3.63) is 71.8 Å². The lowest BCUT2D eigenvalue weighted by atomic mass is 9.93. The number of fused-ring (bicyclic) bond motifs is 5. The maximum atomic E-state index is 6.93. The van der Waals surface area contributed by atoms with E-state index in [1.165, 1.54) is 20.5 Å². The molecule has 0 saturated heterocycles. The molecule has 0 fully saturated rings. The number of thiophene rings is 1. The normalized spacial score (nSPS) is 15.4. The Morgan fingerprint density at radius 2 is 1.31 bits per heavy atom. The van der Waals surface area contributed by atoms with Crippen molar-refractivity contribution in [1.29, 1.82) is 0 Å². The van der Waals surface area contributed by atoms with Gasteiger partial charge in [0, 0.05) is 38.7 Å². The van der Waals surface area contributed by atoms with Crippen LogP contribution in [-0.2, 0) is 0 Å². The minimum absolute atomic E-state index is 0.103. The van der Waals surface area contributed by atoms with Gasteiger partial charge in [0.05, 0.1) is 0 Å². The lowest BCUT2D eigenvalue weighted by molar-refractivity contribution is 0.244. The lowest BCUT2D eigenvalue weighted by Crippen LogP contribution is -2.43. The van der Waals surface area contributed by atoms with Crippen LogP contribution in [0.1, 0.15) is 58.8 Å². The van der Waals surface area contributed by atoms with E-state index in [1.54, 1.807) is 0 Å². The molecule has 0 saturated carbocycles. The second-order valence-corrected chi connectivity index (χ2v) is 26.1. The zero-order chi connectivity index (χ0) is 32.9. The minimum atomic E-state index is -2.01. The van der Waals surface area contributed by atoms with Gasteiger partial charge in [-0.2, -0.15) is 0 Å². The van der Waals surface area contributed by atoms with E-state index in [-0.39, 0.29) is 16.2 Å². The molecule has 0 radical (unpaired) electrons. The number of likely N-dealkylation sites (N-methyl/N-ethyl adjacent to an activating group) is 1. The summed E-state index contributed by atoms with van der Waals surface area (Å²) in [6.07, 6.45) is -0.257. The van der Waals surface area contributed by atoms with Crippen LogP contribution in [0.2, 0.25) is 36.3 Å². The highest BCUT2D eigenvalue weighted by Crippen LogP contribution is 2.53. The maximum absolute atomic E-state index is 6.93. The summed E-state index contributed by atoms with van der Waals surface area (Å²) in [5.41, 5.74) is 3.42. The highest BCUT2D eigenvalue weighted by atomic mass is 32.1. The number of hydrogen-bond acceptors (Lipinski definition) is 6. The smallest absolute Gasteiger partial charge is 0.250 e. The van der Waals surface area contributed by atoms with Crippen molar-refractivity contribution in [3.63, 3.8) is 0 Å². The van der Waals surface area contributed by atoms with E-state index in [9.17, 15) is 0 Å². The van der Waals surface area contributed by atoms with Crippen molar-refractivity contribution in [1.82, 2.24) is 4.90 Å². The molecule has 0 N–H and O–H groups in total. The van der Waals surface area contributed by atoms with Gasteiger partial charge in [-0.05, 0) is 98.4 Å². The van der Waals surface area contributed by atoms with Crippen molar-refractivity contribution < 1.29 is 18.3 Å². The van der Waals surface area contributed by atoms with E-state index in [1.807, 2.05) is 11.3 Å². The van der Waals surface area contributed by atoms with Gasteiger partial charge in [0.15, 0.2) is 6.10 Å². The molecular formula is C37H51NO4SSi2. The molecule has 5 rings (SSSR count). The Morgan fingerprint density at radius 1 is 0.756 bits per heavy atom. The van der Waals surface area contributed by atoms with Gasteiger partial charge in [0.2, 0.25) is 16.6 Å². The highest BCUT2D eigenvalue weighted by molar-refractivity contribution is 7.22. The van der Waals surface area contributed by atoms with Crippen LogP contribution in [0.3, 0.4) is 0 Å². The lowest BCUT2D eigenvalue weighted by Gasteiger charge is -2.37.